The summed E-state index contributed by atoms with van der Waals surface area (Å²) in [5.41, 5.74) is 9.26. The molecule has 2 spiro atoms. The van der Waals surface area contributed by atoms with Crippen LogP contribution in [0.2, 0.25) is 0 Å². The number of ketones is 2. The van der Waals surface area contributed by atoms with Crippen LogP contribution >= 0.6 is 15.9 Å². The smallest absolute Gasteiger partial charge is 0.253 e. The highest BCUT2D eigenvalue weighted by molar-refractivity contribution is 9.10. The van der Waals surface area contributed by atoms with Crippen molar-refractivity contribution in [2.24, 2.45) is 0 Å². The molecule has 388 valence electrons. The summed E-state index contributed by atoms with van der Waals surface area (Å²) in [4.78, 5) is 74.1. The molecule has 0 bridgehead atoms. The molecule has 17 nitrogen and oxygen atoms in total. The normalized spacial score (nSPS) is 21.4. The van der Waals surface area contributed by atoms with Gasteiger partial charge in [0.25, 0.3) is 5.91 Å². The molecule has 3 aromatic heterocycles. The Morgan fingerprint density at radius 3 is 1.74 bits per heavy atom. The Morgan fingerprint density at radius 1 is 0.662 bits per heavy atom. The number of piperidine rings is 1. The number of fused-ring (bicyclic) bond motifs is 6. The zero-order valence-electron chi connectivity index (χ0n) is 41.9. The molecule has 2 aromatic carbocycles. The Balaban J connectivity index is 0.000000135. The van der Waals surface area contributed by atoms with E-state index in [1.807, 2.05) is 54.7 Å². The number of morpholine rings is 2. The van der Waals surface area contributed by atoms with E-state index >= 15 is 0 Å². The number of aromatic nitrogens is 5. The topological polar surface area (TPSA) is 203 Å². The molecule has 3 saturated heterocycles. The van der Waals surface area contributed by atoms with Crippen LogP contribution in [0.1, 0.15) is 101 Å². The third-order valence-corrected chi connectivity index (χ3v) is 16.7. The molecular weight excluding hydrogens is 1010 g/mol. The second kappa shape index (κ2) is 22.1. The van der Waals surface area contributed by atoms with Crippen molar-refractivity contribution < 1.29 is 38.1 Å². The van der Waals surface area contributed by atoms with E-state index in [0.717, 1.165) is 192 Å². The van der Waals surface area contributed by atoms with Gasteiger partial charge < -0.3 is 34.6 Å². The molecule has 1 atom stereocenters. The monoisotopic (exact) mass is 1070 g/mol. The molecule has 4 aliphatic heterocycles. The molecule has 2 amide bonds. The molecule has 13 rings (SSSR count). The molecule has 18 heteroatoms. The number of alkyl halides is 1. The van der Waals surface area contributed by atoms with Crippen LogP contribution in [0.5, 0.6) is 11.5 Å². The van der Waals surface area contributed by atoms with Crippen molar-refractivity contribution in [1.29, 1.82) is 0 Å². The Morgan fingerprint density at radius 2 is 1.20 bits per heavy atom. The lowest BCUT2D eigenvalue weighted by Gasteiger charge is -2.45. The van der Waals surface area contributed by atoms with Crippen molar-refractivity contribution in [2.45, 2.75) is 99.4 Å². The van der Waals surface area contributed by atoms with Gasteiger partial charge in [0.1, 0.15) is 36.2 Å². The van der Waals surface area contributed by atoms with E-state index < -0.39 is 0 Å². The lowest BCUT2D eigenvalue weighted by atomic mass is 9.71. The molecule has 74 heavy (non-hydrogen) atoms. The van der Waals surface area contributed by atoms with Gasteiger partial charge in [-0.2, -0.15) is 0 Å². The number of rotatable bonds is 10. The number of nitrogens with one attached hydrogen (secondary N) is 3. The van der Waals surface area contributed by atoms with Crippen molar-refractivity contribution in [3.05, 3.63) is 94.6 Å². The van der Waals surface area contributed by atoms with Gasteiger partial charge in [-0.25, -0.2) is 19.9 Å². The predicted octanol–water partition coefficient (Wildman–Crippen LogP) is 6.29. The third kappa shape index (κ3) is 11.2. The Kier molecular flexibility index (Phi) is 15.0. The number of carbonyl (C=O) groups excluding carboxylic acids is 4. The van der Waals surface area contributed by atoms with Gasteiger partial charge >= 0.3 is 0 Å². The number of carbonyl (C=O) groups is 4. The molecule has 3 N–H and O–H groups in total. The second-order valence-electron chi connectivity index (χ2n) is 20.8. The average molecular weight is 1070 g/mol. The number of halogens is 1. The van der Waals surface area contributed by atoms with E-state index in [0.29, 0.717) is 37.0 Å². The number of H-pyrrole nitrogens is 1. The Hall–Kier alpha value is -5.92. The van der Waals surface area contributed by atoms with Crippen molar-refractivity contribution in [1.82, 2.24) is 45.4 Å². The standard InChI is InChI=1S/C28H31N5O3.C20H22BrN3O3.C8H11NO2/c34-27-23-21-7-4-19-17-29-26(31-24(19)25(21)30-22(23)16-28(32-27)8-1-9-28)18-2-5-20(6-3-18)36-15-12-33-10-13-35-14-11-33;21-17-6-3-15-13-22-20(23-18(15)19(17)25)14-1-4-16(5-2-14)27-12-9-24-7-10-26-11-8-24;10-6-4-7(11)9-8(5-6)2-1-3-8/h2-3,5-6,17,30H,1,4,7-16H2,(H,32,34);1-2,4-5,13,17H,3,6-12H2;1-5H2,(H,9,11). The van der Waals surface area contributed by atoms with Gasteiger partial charge in [0.15, 0.2) is 17.4 Å². The maximum Gasteiger partial charge on any atom is 0.253 e. The van der Waals surface area contributed by atoms with Crippen LogP contribution in [0, 0.1) is 0 Å². The van der Waals surface area contributed by atoms with Crippen molar-refractivity contribution >= 4 is 39.3 Å². The highest BCUT2D eigenvalue weighted by Crippen LogP contribution is 2.43. The first kappa shape index (κ1) is 50.2. The lowest BCUT2D eigenvalue weighted by molar-refractivity contribution is -0.136. The number of aromatic amines is 1. The van der Waals surface area contributed by atoms with Gasteiger partial charge in [0, 0.05) is 92.4 Å². The van der Waals surface area contributed by atoms with E-state index in [9.17, 15) is 19.2 Å². The van der Waals surface area contributed by atoms with E-state index in [2.05, 4.69) is 56.3 Å². The first-order chi connectivity index (χ1) is 36.1. The van der Waals surface area contributed by atoms with E-state index in [-0.39, 0.29) is 45.7 Å². The third-order valence-electron chi connectivity index (χ3n) is 15.8. The van der Waals surface area contributed by atoms with Gasteiger partial charge in [-0.15, -0.1) is 0 Å². The summed E-state index contributed by atoms with van der Waals surface area (Å²) >= 11 is 3.43. The SMILES string of the molecule is O=C1CC(=O)NC2(CCC2)C1.O=C1NC2(CCC2)Cc2[nH]c3c(c21)CCc1cnc(-c2ccc(OCCN4CCOCC4)cc2)nc1-3.O=C1c2nc(-c3ccc(OCCN4CCOCC4)cc3)ncc2CCC1Br. The summed E-state index contributed by atoms with van der Waals surface area (Å²) in [5.74, 6) is 3.08. The van der Waals surface area contributed by atoms with Gasteiger partial charge in [0.2, 0.25) is 5.91 Å². The first-order valence-corrected chi connectivity index (χ1v) is 27.4. The number of Topliss-reactive ketones (excluding diaryl/α,β-unsaturated/α-hetero) is 2. The molecule has 5 aromatic rings. The minimum atomic E-state index is -0.144. The van der Waals surface area contributed by atoms with Crippen LogP contribution in [-0.2, 0) is 44.7 Å². The number of hydrogen-bond donors (Lipinski definition) is 3. The maximum absolute atomic E-state index is 13.0. The number of ether oxygens (including phenoxy) is 4. The molecule has 4 aliphatic carbocycles. The van der Waals surface area contributed by atoms with Crippen molar-refractivity contribution in [3.63, 3.8) is 0 Å². The number of benzene rings is 2. The van der Waals surface area contributed by atoms with E-state index in [1.54, 1.807) is 6.20 Å². The van der Waals surface area contributed by atoms with Gasteiger partial charge in [-0.1, -0.05) is 15.9 Å². The fourth-order valence-corrected chi connectivity index (χ4v) is 11.7. The largest absolute Gasteiger partial charge is 0.492 e. The molecule has 1 unspecified atom stereocenters. The summed E-state index contributed by atoms with van der Waals surface area (Å²) in [6.45, 7) is 10.2. The van der Waals surface area contributed by atoms with E-state index in [4.69, 9.17) is 23.9 Å². The van der Waals surface area contributed by atoms with Crippen LogP contribution in [0.3, 0.4) is 0 Å². The van der Waals surface area contributed by atoms with Crippen LogP contribution < -0.4 is 20.1 Å². The molecule has 7 heterocycles. The summed E-state index contributed by atoms with van der Waals surface area (Å²) in [6.07, 6.45) is 15.0. The maximum atomic E-state index is 13.0. The van der Waals surface area contributed by atoms with E-state index in [1.165, 1.54) is 6.42 Å². The zero-order chi connectivity index (χ0) is 50.7. The van der Waals surface area contributed by atoms with Gasteiger partial charge in [0.05, 0.1) is 54.6 Å². The summed E-state index contributed by atoms with van der Waals surface area (Å²) in [5, 5.41) is 6.21. The number of hydrogen-bond acceptors (Lipinski definition) is 14. The zero-order valence-corrected chi connectivity index (χ0v) is 43.4. The fraction of sp³-hybridized carbons (Fsp3) is 0.500. The summed E-state index contributed by atoms with van der Waals surface area (Å²) in [6, 6.07) is 15.7. The molecular formula is C56H64BrN9O8. The number of amides is 2. The van der Waals surface area contributed by atoms with Gasteiger partial charge in [-0.05, 0) is 129 Å². The van der Waals surface area contributed by atoms with Crippen molar-refractivity contribution in [2.75, 3.05) is 78.9 Å². The Labute approximate surface area is 439 Å². The lowest BCUT2D eigenvalue weighted by Crippen LogP contribution is -2.58. The van der Waals surface area contributed by atoms with Crippen LogP contribution in [0.25, 0.3) is 34.2 Å². The van der Waals surface area contributed by atoms with Crippen LogP contribution in [-0.4, -0.2) is 153 Å². The highest BCUT2D eigenvalue weighted by Gasteiger charge is 2.46. The first-order valence-electron chi connectivity index (χ1n) is 26.4. The molecule has 5 fully saturated rings. The molecule has 2 saturated carbocycles. The van der Waals surface area contributed by atoms with Gasteiger partial charge in [-0.3, -0.25) is 29.0 Å². The quantitative estimate of drug-likeness (QED) is 0.104. The minimum Gasteiger partial charge on any atom is -0.492 e. The molecule has 8 aliphatic rings. The summed E-state index contributed by atoms with van der Waals surface area (Å²) < 4.78 is 22.5. The highest BCUT2D eigenvalue weighted by atomic mass is 79.9. The fourth-order valence-electron chi connectivity index (χ4n) is 11.3. The second-order valence-corrected chi connectivity index (χ2v) is 21.9. The van der Waals surface area contributed by atoms with Crippen LogP contribution in [0.15, 0.2) is 60.9 Å². The average Bonchev–Trinajstić information content (AvgIpc) is 3.80. The predicted molar refractivity (Wildman–Crippen MR) is 280 cm³/mol. The Bertz CT molecular complexity index is 2850. The summed E-state index contributed by atoms with van der Waals surface area (Å²) in [7, 11) is 0. The van der Waals surface area contributed by atoms with Crippen LogP contribution in [0.4, 0.5) is 0 Å². The molecule has 0 radical (unpaired) electrons. The van der Waals surface area contributed by atoms with Crippen molar-refractivity contribution in [3.8, 4) is 45.7 Å². The minimum absolute atomic E-state index is 0.0385. The number of aryl methyl sites for hydroxylation is 2. The number of nitrogens with zero attached hydrogens (tertiary/aromatic N) is 6.